The van der Waals surface area contributed by atoms with Crippen molar-refractivity contribution >= 4 is 11.6 Å². The fraction of sp³-hybridized carbons (Fsp3) is 0.682. The third kappa shape index (κ3) is 4.19. The second kappa shape index (κ2) is 7.01. The van der Waals surface area contributed by atoms with Crippen molar-refractivity contribution in [1.82, 2.24) is 0 Å². The van der Waals surface area contributed by atoms with E-state index in [1.165, 1.54) is 5.56 Å². The Morgan fingerprint density at radius 2 is 1.76 bits per heavy atom. The molecule has 0 saturated carbocycles. The van der Waals surface area contributed by atoms with Crippen molar-refractivity contribution in [1.29, 1.82) is 0 Å². The molecule has 1 aromatic rings. The first kappa shape index (κ1) is 19.8. The van der Waals surface area contributed by atoms with E-state index < -0.39 is 0 Å². The molecule has 2 rings (SSSR count). The Hall–Kier alpha value is -1.51. The number of hydrogen-bond donors (Lipinski definition) is 1. The number of benzene rings is 1. The molecule has 3 nitrogen and oxygen atoms in total. The van der Waals surface area contributed by atoms with E-state index in [0.717, 1.165) is 31.2 Å². The van der Waals surface area contributed by atoms with Crippen molar-refractivity contribution in [2.75, 3.05) is 4.90 Å². The Morgan fingerprint density at radius 1 is 1.12 bits per heavy atom. The van der Waals surface area contributed by atoms with Crippen molar-refractivity contribution in [3.8, 4) is 5.75 Å². The van der Waals surface area contributed by atoms with Crippen molar-refractivity contribution in [2.24, 2.45) is 0 Å². The van der Waals surface area contributed by atoms with E-state index in [9.17, 15) is 9.90 Å². The zero-order valence-corrected chi connectivity index (χ0v) is 17.1. The monoisotopic (exact) mass is 345 g/mol. The fourth-order valence-corrected chi connectivity index (χ4v) is 3.60. The number of amides is 1. The van der Waals surface area contributed by atoms with Crippen LogP contribution in [-0.2, 0) is 15.6 Å². The number of hydrogen-bond acceptors (Lipinski definition) is 2. The molecular weight excluding hydrogens is 310 g/mol. The summed E-state index contributed by atoms with van der Waals surface area (Å²) in [7, 11) is 0. The van der Waals surface area contributed by atoms with Crippen molar-refractivity contribution in [3.05, 3.63) is 23.3 Å². The summed E-state index contributed by atoms with van der Waals surface area (Å²) in [6.45, 7) is 15.0. The first-order valence-corrected chi connectivity index (χ1v) is 9.67. The molecule has 1 heterocycles. The molecule has 1 fully saturated rings. The maximum Gasteiger partial charge on any atom is 0.227 e. The summed E-state index contributed by atoms with van der Waals surface area (Å²) in [4.78, 5) is 14.5. The van der Waals surface area contributed by atoms with Crippen LogP contribution in [-0.4, -0.2) is 17.1 Å². The minimum atomic E-state index is -0.179. The van der Waals surface area contributed by atoms with Gasteiger partial charge in [-0.1, -0.05) is 67.4 Å². The van der Waals surface area contributed by atoms with Gasteiger partial charge in [0.05, 0.1) is 5.69 Å². The first-order valence-electron chi connectivity index (χ1n) is 9.67. The second-order valence-electron chi connectivity index (χ2n) is 9.49. The molecule has 0 bridgehead atoms. The lowest BCUT2D eigenvalue weighted by atomic mass is 9.79. The number of nitrogens with zero attached hydrogens (tertiary/aromatic N) is 1. The molecule has 1 aromatic carbocycles. The highest BCUT2D eigenvalue weighted by Crippen LogP contribution is 2.44. The maximum atomic E-state index is 12.6. The molecule has 0 spiro atoms. The van der Waals surface area contributed by atoms with Gasteiger partial charge in [-0.2, -0.15) is 0 Å². The van der Waals surface area contributed by atoms with Gasteiger partial charge in [0, 0.05) is 18.0 Å². The van der Waals surface area contributed by atoms with E-state index >= 15 is 0 Å². The highest BCUT2D eigenvalue weighted by atomic mass is 16.3. The molecule has 1 atom stereocenters. The molecule has 0 aliphatic carbocycles. The molecule has 0 radical (unpaired) electrons. The lowest BCUT2D eigenvalue weighted by molar-refractivity contribution is -0.117. The summed E-state index contributed by atoms with van der Waals surface area (Å²) in [6.07, 6.45) is 4.72. The molecule has 1 saturated heterocycles. The predicted molar refractivity (Wildman–Crippen MR) is 106 cm³/mol. The van der Waals surface area contributed by atoms with Crippen LogP contribution < -0.4 is 4.90 Å². The van der Waals surface area contributed by atoms with Crippen LogP contribution >= 0.6 is 0 Å². The number of phenols is 1. The largest absolute Gasteiger partial charge is 0.505 e. The van der Waals surface area contributed by atoms with Crippen LogP contribution in [0.25, 0.3) is 0 Å². The average Bonchev–Trinajstić information content (AvgIpc) is 2.84. The van der Waals surface area contributed by atoms with Crippen LogP contribution in [0.2, 0.25) is 0 Å². The van der Waals surface area contributed by atoms with E-state index in [0.29, 0.717) is 12.1 Å². The van der Waals surface area contributed by atoms with E-state index in [-0.39, 0.29) is 28.5 Å². The lowest BCUT2D eigenvalue weighted by Crippen LogP contribution is -2.33. The molecule has 140 valence electrons. The highest BCUT2D eigenvalue weighted by molar-refractivity contribution is 5.98. The van der Waals surface area contributed by atoms with Crippen molar-refractivity contribution < 1.29 is 9.90 Å². The van der Waals surface area contributed by atoms with Gasteiger partial charge in [-0.3, -0.25) is 4.79 Å². The smallest absolute Gasteiger partial charge is 0.227 e. The molecule has 25 heavy (non-hydrogen) atoms. The van der Waals surface area contributed by atoms with Crippen LogP contribution in [0.1, 0.15) is 91.7 Å². The summed E-state index contributed by atoms with van der Waals surface area (Å²) in [5.74, 6) is 0.416. The van der Waals surface area contributed by atoms with Gasteiger partial charge in [0.25, 0.3) is 0 Å². The third-order valence-electron chi connectivity index (χ3n) is 5.24. The Balaban J connectivity index is 2.60. The first-order chi connectivity index (χ1) is 11.5. The van der Waals surface area contributed by atoms with Crippen LogP contribution in [0.5, 0.6) is 5.75 Å². The Kier molecular flexibility index (Phi) is 5.56. The van der Waals surface area contributed by atoms with E-state index in [1.807, 2.05) is 11.0 Å². The topological polar surface area (TPSA) is 40.5 Å². The molecule has 1 amide bonds. The maximum absolute atomic E-state index is 12.6. The van der Waals surface area contributed by atoms with Gasteiger partial charge in [-0.15, -0.1) is 0 Å². The molecule has 1 aliphatic rings. The van der Waals surface area contributed by atoms with Crippen LogP contribution in [0, 0.1) is 0 Å². The van der Waals surface area contributed by atoms with Gasteiger partial charge in [0.1, 0.15) is 5.75 Å². The summed E-state index contributed by atoms with van der Waals surface area (Å²) in [5, 5.41) is 11.0. The second-order valence-corrected chi connectivity index (χ2v) is 9.49. The van der Waals surface area contributed by atoms with Crippen molar-refractivity contribution in [2.45, 2.75) is 97.4 Å². The third-order valence-corrected chi connectivity index (χ3v) is 5.24. The Labute approximate surface area is 153 Å². The lowest BCUT2D eigenvalue weighted by Gasteiger charge is -2.32. The summed E-state index contributed by atoms with van der Waals surface area (Å²) in [5.41, 5.74) is 2.58. The average molecular weight is 346 g/mol. The molecular formula is C22H35NO2. The zero-order chi connectivity index (χ0) is 19.0. The number of phenolic OH excluding ortho intramolecular Hbond substituents is 1. The molecule has 1 N–H and O–H groups in total. The highest BCUT2D eigenvalue weighted by Gasteiger charge is 2.35. The molecule has 3 heteroatoms. The number of anilines is 1. The van der Waals surface area contributed by atoms with Crippen molar-refractivity contribution in [3.63, 3.8) is 0 Å². The normalized spacial score (nSPS) is 18.9. The van der Waals surface area contributed by atoms with Crippen LogP contribution in [0.15, 0.2) is 12.1 Å². The number of rotatable bonds is 4. The number of aromatic hydroxyl groups is 1. The van der Waals surface area contributed by atoms with Gasteiger partial charge >= 0.3 is 0 Å². The molecule has 0 aromatic heterocycles. The Morgan fingerprint density at radius 3 is 2.28 bits per heavy atom. The summed E-state index contributed by atoms with van der Waals surface area (Å²) in [6, 6.07) is 4.36. The summed E-state index contributed by atoms with van der Waals surface area (Å²) >= 11 is 0. The Bertz CT molecular complexity index is 635. The summed E-state index contributed by atoms with van der Waals surface area (Å²) < 4.78 is 0. The number of unbranched alkanes of at least 4 members (excludes halogenated alkanes) is 1. The quantitative estimate of drug-likeness (QED) is 0.763. The van der Waals surface area contributed by atoms with E-state index in [2.05, 4.69) is 54.5 Å². The van der Waals surface area contributed by atoms with Gasteiger partial charge in [0.15, 0.2) is 0 Å². The molecule has 1 unspecified atom stereocenters. The fourth-order valence-electron chi connectivity index (χ4n) is 3.60. The predicted octanol–water partition coefficient (Wildman–Crippen LogP) is 5.67. The van der Waals surface area contributed by atoms with Gasteiger partial charge in [0.2, 0.25) is 5.91 Å². The minimum Gasteiger partial charge on any atom is -0.505 e. The van der Waals surface area contributed by atoms with Gasteiger partial charge < -0.3 is 10.0 Å². The zero-order valence-electron chi connectivity index (χ0n) is 17.1. The SMILES string of the molecule is CCCCC1CCC(=O)N1c1cc(C(C)(C)C)cc(C(C)(C)C)c1O. The molecule has 1 aliphatic heterocycles. The number of carbonyl (C=O) groups excluding carboxylic acids is 1. The number of carbonyl (C=O) groups is 1. The standard InChI is InChI=1S/C22H35NO2/c1-8-9-10-16-11-12-19(24)23(16)18-14-15(21(2,3)4)13-17(20(18)25)22(5,6)7/h13-14,16,25H,8-12H2,1-7H3. The van der Waals surface area contributed by atoms with Gasteiger partial charge in [-0.05, 0) is 35.3 Å². The van der Waals surface area contributed by atoms with E-state index in [4.69, 9.17) is 0 Å². The van der Waals surface area contributed by atoms with Gasteiger partial charge in [-0.25, -0.2) is 0 Å². The minimum absolute atomic E-state index is 0.0376. The van der Waals surface area contributed by atoms with E-state index in [1.54, 1.807) is 0 Å². The van der Waals surface area contributed by atoms with Crippen LogP contribution in [0.4, 0.5) is 5.69 Å². The van der Waals surface area contributed by atoms with Crippen LogP contribution in [0.3, 0.4) is 0 Å².